The number of nitrogens with one attached hydrogen (secondary N) is 1. The van der Waals surface area contributed by atoms with Gasteiger partial charge in [0.15, 0.2) is 0 Å². The van der Waals surface area contributed by atoms with Crippen LogP contribution in [-0.4, -0.2) is 10.9 Å². The number of rotatable bonds is 6. The third-order valence-electron chi connectivity index (χ3n) is 4.86. The number of benzene rings is 3. The van der Waals surface area contributed by atoms with Crippen molar-refractivity contribution in [3.8, 4) is 16.3 Å². The standard InChI is InChI=1S/C25H21FN2O2S/c1-16-7-8-17(2)19(13-16)14-30-20-11-9-18(10-12-20)25-28-23(15-31-25)24(29)27-22-6-4-3-5-21(22)26/h3-13,15H,14H2,1-2H3,(H,27,29). The van der Waals surface area contributed by atoms with E-state index in [1.165, 1.54) is 34.6 Å². The zero-order valence-electron chi connectivity index (χ0n) is 17.2. The number of carbonyl (C=O) groups is 1. The number of anilines is 1. The van der Waals surface area contributed by atoms with Crippen molar-refractivity contribution in [2.45, 2.75) is 20.5 Å². The fraction of sp³-hybridized carbons (Fsp3) is 0.120. The van der Waals surface area contributed by atoms with Gasteiger partial charge in [0.05, 0.1) is 5.69 Å². The van der Waals surface area contributed by atoms with Gasteiger partial charge in [-0.2, -0.15) is 0 Å². The van der Waals surface area contributed by atoms with Crippen LogP contribution in [0.4, 0.5) is 10.1 Å². The first kappa shape index (κ1) is 20.8. The Balaban J connectivity index is 1.41. The number of amides is 1. The molecule has 0 aliphatic heterocycles. The number of thiazole rings is 1. The Hall–Kier alpha value is -3.51. The van der Waals surface area contributed by atoms with Gasteiger partial charge < -0.3 is 10.1 Å². The maximum absolute atomic E-state index is 13.7. The van der Waals surface area contributed by atoms with Gasteiger partial charge in [0, 0.05) is 10.9 Å². The Morgan fingerprint density at radius 1 is 1.06 bits per heavy atom. The van der Waals surface area contributed by atoms with Crippen molar-refractivity contribution in [2.24, 2.45) is 0 Å². The summed E-state index contributed by atoms with van der Waals surface area (Å²) in [5.41, 5.74) is 4.83. The number of aryl methyl sites for hydroxylation is 2. The highest BCUT2D eigenvalue weighted by Crippen LogP contribution is 2.27. The van der Waals surface area contributed by atoms with E-state index in [-0.39, 0.29) is 11.4 Å². The summed E-state index contributed by atoms with van der Waals surface area (Å²) in [6, 6.07) is 20.0. The second-order valence-electron chi connectivity index (χ2n) is 7.21. The van der Waals surface area contributed by atoms with E-state index in [9.17, 15) is 9.18 Å². The molecule has 4 aromatic rings. The van der Waals surface area contributed by atoms with Crippen LogP contribution < -0.4 is 10.1 Å². The molecule has 1 aromatic heterocycles. The topological polar surface area (TPSA) is 51.2 Å². The van der Waals surface area contributed by atoms with Crippen molar-refractivity contribution in [3.05, 3.63) is 100 Å². The monoisotopic (exact) mass is 432 g/mol. The van der Waals surface area contributed by atoms with Crippen LogP contribution in [0, 0.1) is 19.7 Å². The van der Waals surface area contributed by atoms with Crippen molar-refractivity contribution >= 4 is 22.9 Å². The van der Waals surface area contributed by atoms with Gasteiger partial charge >= 0.3 is 0 Å². The number of para-hydroxylation sites is 1. The molecule has 4 rings (SSSR count). The lowest BCUT2D eigenvalue weighted by Gasteiger charge is -2.10. The van der Waals surface area contributed by atoms with Crippen LogP contribution in [0.25, 0.3) is 10.6 Å². The van der Waals surface area contributed by atoms with Crippen molar-refractivity contribution in [3.63, 3.8) is 0 Å². The molecule has 4 nitrogen and oxygen atoms in total. The first-order chi connectivity index (χ1) is 15.0. The number of halogens is 1. The van der Waals surface area contributed by atoms with Crippen LogP contribution in [0.2, 0.25) is 0 Å². The molecule has 0 unspecified atom stereocenters. The quantitative estimate of drug-likeness (QED) is 0.384. The van der Waals surface area contributed by atoms with Crippen LogP contribution in [0.15, 0.2) is 72.1 Å². The molecule has 0 bridgehead atoms. The molecule has 0 saturated carbocycles. The summed E-state index contributed by atoms with van der Waals surface area (Å²) < 4.78 is 19.7. The van der Waals surface area contributed by atoms with Gasteiger partial charge in [0.25, 0.3) is 5.91 Å². The predicted molar refractivity (Wildman–Crippen MR) is 122 cm³/mol. The average Bonchev–Trinajstić information content (AvgIpc) is 3.27. The summed E-state index contributed by atoms with van der Waals surface area (Å²) in [6.45, 7) is 4.64. The summed E-state index contributed by atoms with van der Waals surface area (Å²) in [6.07, 6.45) is 0. The summed E-state index contributed by atoms with van der Waals surface area (Å²) in [5, 5.41) is 4.92. The van der Waals surface area contributed by atoms with E-state index in [0.717, 1.165) is 16.9 Å². The number of aromatic nitrogens is 1. The molecule has 0 aliphatic rings. The third-order valence-corrected chi connectivity index (χ3v) is 5.75. The Morgan fingerprint density at radius 2 is 1.84 bits per heavy atom. The van der Waals surface area contributed by atoms with Crippen LogP contribution in [0.3, 0.4) is 0 Å². The number of nitrogens with zero attached hydrogens (tertiary/aromatic N) is 1. The van der Waals surface area contributed by atoms with E-state index < -0.39 is 11.7 Å². The Morgan fingerprint density at radius 3 is 2.61 bits per heavy atom. The summed E-state index contributed by atoms with van der Waals surface area (Å²) >= 11 is 1.36. The predicted octanol–water partition coefficient (Wildman–Crippen LogP) is 6.40. The summed E-state index contributed by atoms with van der Waals surface area (Å²) in [5.74, 6) is -0.164. The highest BCUT2D eigenvalue weighted by atomic mass is 32.1. The van der Waals surface area contributed by atoms with Crippen LogP contribution in [0.1, 0.15) is 27.2 Å². The van der Waals surface area contributed by atoms with Crippen molar-refractivity contribution in [1.82, 2.24) is 4.98 Å². The largest absolute Gasteiger partial charge is 0.489 e. The molecule has 156 valence electrons. The molecule has 0 fully saturated rings. The van der Waals surface area contributed by atoms with E-state index in [4.69, 9.17) is 4.74 Å². The molecule has 0 aliphatic carbocycles. The fourth-order valence-corrected chi connectivity index (χ4v) is 3.88. The number of hydrogen-bond donors (Lipinski definition) is 1. The molecule has 1 heterocycles. The van der Waals surface area contributed by atoms with Gasteiger partial charge in [-0.3, -0.25) is 4.79 Å². The molecule has 3 aromatic carbocycles. The first-order valence-corrected chi connectivity index (χ1v) is 10.7. The van der Waals surface area contributed by atoms with E-state index in [2.05, 4.69) is 42.3 Å². The first-order valence-electron chi connectivity index (χ1n) is 9.80. The normalized spacial score (nSPS) is 10.7. The molecular weight excluding hydrogens is 411 g/mol. The lowest BCUT2D eigenvalue weighted by atomic mass is 10.1. The summed E-state index contributed by atoms with van der Waals surface area (Å²) in [7, 11) is 0. The van der Waals surface area contributed by atoms with E-state index in [1.54, 1.807) is 17.5 Å². The van der Waals surface area contributed by atoms with Crippen LogP contribution in [0.5, 0.6) is 5.75 Å². The minimum atomic E-state index is -0.484. The molecule has 0 radical (unpaired) electrons. The van der Waals surface area contributed by atoms with E-state index in [1.807, 2.05) is 24.3 Å². The number of carbonyl (C=O) groups excluding carboxylic acids is 1. The maximum Gasteiger partial charge on any atom is 0.275 e. The van der Waals surface area contributed by atoms with Gasteiger partial charge in [0.2, 0.25) is 0 Å². The minimum Gasteiger partial charge on any atom is -0.489 e. The molecule has 6 heteroatoms. The molecule has 0 saturated heterocycles. The lowest BCUT2D eigenvalue weighted by molar-refractivity contribution is 0.102. The Labute approximate surface area is 184 Å². The summed E-state index contributed by atoms with van der Waals surface area (Å²) in [4.78, 5) is 16.8. The van der Waals surface area contributed by atoms with E-state index in [0.29, 0.717) is 11.6 Å². The second-order valence-corrected chi connectivity index (χ2v) is 8.07. The SMILES string of the molecule is Cc1ccc(C)c(COc2ccc(-c3nc(C(=O)Nc4ccccc4F)cs3)cc2)c1. The fourth-order valence-electron chi connectivity index (χ4n) is 3.07. The smallest absolute Gasteiger partial charge is 0.275 e. The van der Waals surface area contributed by atoms with Crippen molar-refractivity contribution in [2.75, 3.05) is 5.32 Å². The molecule has 31 heavy (non-hydrogen) atoms. The highest BCUT2D eigenvalue weighted by Gasteiger charge is 2.14. The van der Waals surface area contributed by atoms with Gasteiger partial charge in [-0.1, -0.05) is 35.9 Å². The van der Waals surface area contributed by atoms with Crippen LogP contribution >= 0.6 is 11.3 Å². The maximum atomic E-state index is 13.7. The van der Waals surface area contributed by atoms with Crippen LogP contribution in [-0.2, 0) is 6.61 Å². The number of ether oxygens (including phenoxy) is 1. The zero-order chi connectivity index (χ0) is 21.8. The zero-order valence-corrected chi connectivity index (χ0v) is 18.0. The van der Waals surface area contributed by atoms with E-state index >= 15 is 0 Å². The molecule has 0 atom stereocenters. The highest BCUT2D eigenvalue weighted by molar-refractivity contribution is 7.13. The van der Waals surface area contributed by atoms with Gasteiger partial charge in [-0.05, 0) is 61.4 Å². The Kier molecular flexibility index (Phi) is 6.09. The number of hydrogen-bond acceptors (Lipinski definition) is 4. The van der Waals surface area contributed by atoms with Gasteiger partial charge in [-0.15, -0.1) is 11.3 Å². The Bertz CT molecular complexity index is 1220. The van der Waals surface area contributed by atoms with Crippen molar-refractivity contribution < 1.29 is 13.9 Å². The van der Waals surface area contributed by atoms with Gasteiger partial charge in [0.1, 0.15) is 28.9 Å². The van der Waals surface area contributed by atoms with Gasteiger partial charge in [-0.25, -0.2) is 9.37 Å². The molecular formula is C25H21FN2O2S. The molecule has 1 amide bonds. The molecule has 0 spiro atoms. The lowest BCUT2D eigenvalue weighted by Crippen LogP contribution is -2.13. The minimum absolute atomic E-state index is 0.132. The molecule has 1 N–H and O–H groups in total. The van der Waals surface area contributed by atoms with Crippen molar-refractivity contribution in [1.29, 1.82) is 0 Å². The third kappa shape index (κ3) is 4.98. The average molecular weight is 433 g/mol. The second kappa shape index (κ2) is 9.10.